The lowest BCUT2D eigenvalue weighted by Crippen LogP contribution is -2.67. The minimum atomic E-state index is -1.71. The molecule has 0 aromatic carbocycles. The van der Waals surface area contributed by atoms with Crippen molar-refractivity contribution in [1.29, 1.82) is 0 Å². The molecule has 0 spiro atoms. The van der Waals surface area contributed by atoms with E-state index in [1.54, 1.807) is 0 Å². The zero-order chi connectivity index (χ0) is 17.7. The lowest BCUT2D eigenvalue weighted by molar-refractivity contribution is -0.219. The highest BCUT2D eigenvalue weighted by molar-refractivity contribution is 6.74. The molecule has 1 atom stereocenters. The van der Waals surface area contributed by atoms with Crippen LogP contribution in [-0.2, 0) is 14.0 Å². The molecule has 23 heavy (non-hydrogen) atoms. The fourth-order valence-electron chi connectivity index (χ4n) is 4.04. The molecule has 3 aliphatic rings. The molecular formula is C19H34O3Si. The van der Waals surface area contributed by atoms with Crippen LogP contribution in [0.1, 0.15) is 60.8 Å². The molecule has 0 aromatic rings. The van der Waals surface area contributed by atoms with E-state index in [1.165, 1.54) is 0 Å². The Hall–Kier alpha value is -0.613. The topological polar surface area (TPSA) is 35.5 Å². The number of hydrogen-bond donors (Lipinski definition) is 0. The van der Waals surface area contributed by atoms with Gasteiger partial charge in [-0.05, 0) is 69.0 Å². The number of rotatable bonds is 6. The summed E-state index contributed by atoms with van der Waals surface area (Å²) < 4.78 is 11.7. The van der Waals surface area contributed by atoms with Crippen LogP contribution in [0.3, 0.4) is 0 Å². The van der Waals surface area contributed by atoms with Gasteiger partial charge < -0.3 is 9.16 Å². The molecule has 0 amide bonds. The van der Waals surface area contributed by atoms with E-state index in [2.05, 4.69) is 46.9 Å². The largest absolute Gasteiger partial charge is 0.463 e. The molecule has 0 aromatic heterocycles. The number of allylic oxidation sites excluding steroid dienone is 1. The predicted molar refractivity (Wildman–Crippen MR) is 96.9 cm³/mol. The van der Waals surface area contributed by atoms with Crippen LogP contribution in [-0.4, -0.2) is 27.0 Å². The highest BCUT2D eigenvalue weighted by Crippen LogP contribution is 2.76. The molecule has 132 valence electrons. The summed E-state index contributed by atoms with van der Waals surface area (Å²) in [7, 11) is -1.71. The van der Waals surface area contributed by atoms with Crippen molar-refractivity contribution in [3.63, 3.8) is 0 Å². The minimum absolute atomic E-state index is 0.170. The summed E-state index contributed by atoms with van der Waals surface area (Å²) in [5.74, 6) is -0.170. The predicted octanol–water partition coefficient (Wildman–Crippen LogP) is 5.08. The van der Waals surface area contributed by atoms with Crippen LogP contribution in [0, 0.1) is 10.8 Å². The van der Waals surface area contributed by atoms with Crippen LogP contribution < -0.4 is 0 Å². The van der Waals surface area contributed by atoms with Crippen molar-refractivity contribution in [3.8, 4) is 0 Å². The van der Waals surface area contributed by atoms with Gasteiger partial charge in [0.05, 0.1) is 6.61 Å². The van der Waals surface area contributed by atoms with Gasteiger partial charge in [0.15, 0.2) is 8.32 Å². The first-order valence-corrected chi connectivity index (χ1v) is 11.8. The zero-order valence-electron chi connectivity index (χ0n) is 16.2. The van der Waals surface area contributed by atoms with E-state index in [4.69, 9.17) is 9.16 Å². The van der Waals surface area contributed by atoms with E-state index in [1.807, 2.05) is 13.8 Å². The second-order valence-electron chi connectivity index (χ2n) is 9.32. The normalized spacial score (nSPS) is 31.9. The molecule has 4 heteroatoms. The molecule has 3 rings (SSSR count). The quantitative estimate of drug-likeness (QED) is 0.385. The van der Waals surface area contributed by atoms with E-state index < -0.39 is 8.32 Å². The maximum atomic E-state index is 11.8. The number of hydrogen-bond acceptors (Lipinski definition) is 3. The molecule has 3 fully saturated rings. The van der Waals surface area contributed by atoms with E-state index in [0.29, 0.717) is 18.1 Å². The zero-order valence-corrected chi connectivity index (χ0v) is 17.2. The average molecular weight is 339 g/mol. The summed E-state index contributed by atoms with van der Waals surface area (Å²) in [4.78, 5) is 11.8. The van der Waals surface area contributed by atoms with Gasteiger partial charge in [-0.15, -0.1) is 0 Å². The van der Waals surface area contributed by atoms with E-state index in [-0.39, 0.29) is 16.4 Å². The summed E-state index contributed by atoms with van der Waals surface area (Å²) >= 11 is 0. The van der Waals surface area contributed by atoms with Crippen LogP contribution in [0.15, 0.2) is 11.6 Å². The molecule has 3 aliphatic carbocycles. The Morgan fingerprint density at radius 2 is 1.78 bits per heavy atom. The van der Waals surface area contributed by atoms with Gasteiger partial charge in [0.1, 0.15) is 0 Å². The highest BCUT2D eigenvalue weighted by Gasteiger charge is 2.69. The van der Waals surface area contributed by atoms with Crippen LogP contribution in [0.5, 0.6) is 0 Å². The van der Waals surface area contributed by atoms with Crippen molar-refractivity contribution >= 4 is 14.3 Å². The van der Waals surface area contributed by atoms with Gasteiger partial charge >= 0.3 is 5.97 Å². The monoisotopic (exact) mass is 338 g/mol. The van der Waals surface area contributed by atoms with Crippen molar-refractivity contribution in [3.05, 3.63) is 11.6 Å². The summed E-state index contributed by atoms with van der Waals surface area (Å²) in [5.41, 5.74) is 1.35. The van der Waals surface area contributed by atoms with Gasteiger partial charge in [0.25, 0.3) is 0 Å². The summed E-state index contributed by atoms with van der Waals surface area (Å²) in [6.07, 6.45) is 5.96. The van der Waals surface area contributed by atoms with Crippen LogP contribution in [0.2, 0.25) is 18.1 Å². The minimum Gasteiger partial charge on any atom is -0.463 e. The third-order valence-electron chi connectivity index (χ3n) is 6.37. The van der Waals surface area contributed by atoms with Crippen LogP contribution >= 0.6 is 0 Å². The highest BCUT2D eigenvalue weighted by atomic mass is 28.4. The molecular weight excluding hydrogens is 304 g/mol. The Bertz CT molecular complexity index is 493. The van der Waals surface area contributed by atoms with Gasteiger partial charge in [-0.1, -0.05) is 26.8 Å². The molecule has 0 N–H and O–H groups in total. The maximum Gasteiger partial charge on any atom is 0.333 e. The Morgan fingerprint density at radius 3 is 2.22 bits per heavy atom. The van der Waals surface area contributed by atoms with Crippen molar-refractivity contribution in [2.24, 2.45) is 10.8 Å². The van der Waals surface area contributed by atoms with Crippen molar-refractivity contribution in [1.82, 2.24) is 0 Å². The fourth-order valence-corrected chi connectivity index (χ4v) is 5.53. The smallest absolute Gasteiger partial charge is 0.333 e. The van der Waals surface area contributed by atoms with E-state index in [0.717, 1.165) is 24.8 Å². The average Bonchev–Trinajstić information content (AvgIpc) is 2.29. The molecule has 3 saturated carbocycles. The third-order valence-corrected chi connectivity index (χ3v) is 10.9. The molecule has 2 bridgehead atoms. The standard InChI is InChI=1S/C19H34O3Si/c1-9-21-16(20)14(2)10-18-11-19(12-18,13-18)15(3)22-23(7,8)17(4,5)6/h10,15H,9,11-13H2,1-8H3/b14-10+. The van der Waals surface area contributed by atoms with Gasteiger partial charge in [0.2, 0.25) is 0 Å². The Balaban J connectivity index is 1.94. The summed E-state index contributed by atoms with van der Waals surface area (Å²) in [6, 6.07) is 0. The maximum absolute atomic E-state index is 11.8. The second kappa shape index (κ2) is 5.73. The fraction of sp³-hybridized carbons (Fsp3) is 0.842. The lowest BCUT2D eigenvalue weighted by atomic mass is 9.33. The SMILES string of the molecule is CCOC(=O)/C(C)=C/C12CC(C(C)O[Si](C)(C)C(C)(C)C)(C1)C2. The summed E-state index contributed by atoms with van der Waals surface area (Å²) in [6.45, 7) is 18.0. The lowest BCUT2D eigenvalue weighted by Gasteiger charge is -2.72. The molecule has 3 nitrogen and oxygen atoms in total. The molecule has 0 aliphatic heterocycles. The first-order chi connectivity index (χ1) is 10.4. The Labute approximate surface area is 142 Å². The number of carbonyl (C=O) groups is 1. The number of ether oxygens (including phenoxy) is 1. The van der Waals surface area contributed by atoms with Gasteiger partial charge in [-0.3, -0.25) is 0 Å². The van der Waals surface area contributed by atoms with Crippen molar-refractivity contribution < 1.29 is 14.0 Å². The second-order valence-corrected chi connectivity index (χ2v) is 14.1. The first-order valence-electron chi connectivity index (χ1n) is 8.91. The van der Waals surface area contributed by atoms with Gasteiger partial charge in [-0.2, -0.15) is 0 Å². The molecule has 0 heterocycles. The summed E-state index contributed by atoms with van der Waals surface area (Å²) in [5, 5.41) is 0.253. The van der Waals surface area contributed by atoms with E-state index >= 15 is 0 Å². The molecule has 1 unspecified atom stereocenters. The number of esters is 1. The first kappa shape index (κ1) is 18.7. The number of carbonyl (C=O) groups excluding carboxylic acids is 1. The molecule has 0 saturated heterocycles. The third kappa shape index (κ3) is 3.30. The van der Waals surface area contributed by atoms with Crippen LogP contribution in [0.4, 0.5) is 0 Å². The van der Waals surface area contributed by atoms with Crippen molar-refractivity contribution in [2.45, 2.75) is 85.0 Å². The molecule has 0 radical (unpaired) electrons. The van der Waals surface area contributed by atoms with Gasteiger partial charge in [-0.25, -0.2) is 4.79 Å². The van der Waals surface area contributed by atoms with Gasteiger partial charge in [0, 0.05) is 11.7 Å². The van der Waals surface area contributed by atoms with Crippen molar-refractivity contribution in [2.75, 3.05) is 6.61 Å². The van der Waals surface area contributed by atoms with Crippen LogP contribution in [0.25, 0.3) is 0 Å². The Kier molecular flexibility index (Phi) is 4.66. The van der Waals surface area contributed by atoms with E-state index in [9.17, 15) is 4.79 Å². The Morgan fingerprint density at radius 1 is 1.26 bits per heavy atom.